The lowest BCUT2D eigenvalue weighted by Gasteiger charge is -2.12. The molecule has 6 heterocycles. The highest BCUT2D eigenvalue weighted by Crippen LogP contribution is 2.42. The van der Waals surface area contributed by atoms with Crippen LogP contribution in [0.15, 0.2) is 53.6 Å². The SMILES string of the molecule is COC(=O)c1c2c3ccc(F)c(c3n1C)-c1c(nn3c1CCC3)CSCc1cc(n(C)n1)CSc1cc(c3ncccc3c1)OCCC2. The molecule has 0 saturated heterocycles. The highest BCUT2D eigenvalue weighted by Gasteiger charge is 2.30. The van der Waals surface area contributed by atoms with Gasteiger partial charge in [0.05, 0.1) is 30.6 Å². The number of nitrogens with zero attached hydrogens (tertiary/aromatic N) is 6. The van der Waals surface area contributed by atoms with Gasteiger partial charge >= 0.3 is 5.97 Å². The summed E-state index contributed by atoms with van der Waals surface area (Å²) in [5.74, 6) is 2.02. The molecule has 0 spiro atoms. The van der Waals surface area contributed by atoms with Crippen LogP contribution in [0.2, 0.25) is 0 Å². The zero-order valence-corrected chi connectivity index (χ0v) is 28.7. The smallest absolute Gasteiger partial charge is 0.354 e. The summed E-state index contributed by atoms with van der Waals surface area (Å²) >= 11 is 3.47. The Hall–Kier alpha value is -4.29. The van der Waals surface area contributed by atoms with Gasteiger partial charge in [0.2, 0.25) is 0 Å². The standard InChI is InChI=1S/C36H35FN6O3S2/c1-41-34-26-10-11-27(37)31(34)32-28(40-43-13-5-9-29(32)43)20-47-18-22-16-23(42(2)39-22)19-48-24-15-21-7-4-12-38-33(21)30(17-24)46-14-6-8-25(26)35(41)36(44)45-3/h4,7,10-12,15-17H,5-6,8-9,13-14,18-20H2,1-3H3. The second kappa shape index (κ2) is 12.6. The van der Waals surface area contributed by atoms with Crippen molar-refractivity contribution < 1.29 is 18.7 Å². The maximum absolute atomic E-state index is 16.2. The number of carbonyl (C=O) groups excluding carboxylic acids is 1. The quantitative estimate of drug-likeness (QED) is 0.168. The van der Waals surface area contributed by atoms with Crippen LogP contribution < -0.4 is 4.74 Å². The number of fused-ring (bicyclic) bond motifs is 10. The number of halogens is 1. The molecule has 12 heteroatoms. The molecule has 2 aromatic carbocycles. The van der Waals surface area contributed by atoms with Crippen molar-refractivity contribution in [2.75, 3.05) is 13.7 Å². The van der Waals surface area contributed by atoms with Crippen LogP contribution in [0.4, 0.5) is 4.39 Å². The Bertz CT molecular complexity index is 2220. The molecule has 0 N–H and O–H groups in total. The third-order valence-corrected chi connectivity index (χ3v) is 11.3. The molecule has 0 atom stereocenters. The van der Waals surface area contributed by atoms with E-state index in [0.717, 1.165) is 86.0 Å². The molecular formula is C36H35FN6O3S2. The van der Waals surface area contributed by atoms with Gasteiger partial charge in [0.15, 0.2) is 0 Å². The number of aromatic nitrogens is 6. The average Bonchev–Trinajstić information content (AvgIpc) is 3.84. The van der Waals surface area contributed by atoms with Crippen LogP contribution in [-0.4, -0.2) is 48.8 Å². The van der Waals surface area contributed by atoms with Crippen molar-refractivity contribution in [2.24, 2.45) is 14.1 Å². The predicted molar refractivity (Wildman–Crippen MR) is 187 cm³/mol. The zero-order valence-electron chi connectivity index (χ0n) is 27.1. The summed E-state index contributed by atoms with van der Waals surface area (Å²) in [6, 6.07) is 13.7. The summed E-state index contributed by atoms with van der Waals surface area (Å²) < 4.78 is 33.7. The van der Waals surface area contributed by atoms with Crippen molar-refractivity contribution in [2.45, 2.75) is 54.4 Å². The molecule has 0 unspecified atom stereocenters. The van der Waals surface area contributed by atoms with E-state index in [0.29, 0.717) is 47.7 Å². The van der Waals surface area contributed by atoms with E-state index in [1.54, 1.807) is 35.8 Å². The van der Waals surface area contributed by atoms with Crippen LogP contribution in [0.3, 0.4) is 0 Å². The summed E-state index contributed by atoms with van der Waals surface area (Å²) in [6.45, 7) is 1.22. The molecule has 48 heavy (non-hydrogen) atoms. The van der Waals surface area contributed by atoms with E-state index in [1.165, 1.54) is 13.2 Å². The first-order chi connectivity index (χ1) is 23.4. The monoisotopic (exact) mass is 682 g/mol. The van der Waals surface area contributed by atoms with Gasteiger partial charge in [-0.25, -0.2) is 9.18 Å². The Labute approximate surface area is 285 Å². The van der Waals surface area contributed by atoms with Crippen molar-refractivity contribution in [3.05, 3.63) is 88.5 Å². The van der Waals surface area contributed by atoms with E-state index in [9.17, 15) is 4.79 Å². The van der Waals surface area contributed by atoms with Gasteiger partial charge in [-0.3, -0.25) is 14.3 Å². The normalized spacial score (nSPS) is 15.2. The van der Waals surface area contributed by atoms with Gasteiger partial charge in [-0.15, -0.1) is 23.5 Å². The third-order valence-electron chi connectivity index (χ3n) is 9.33. The van der Waals surface area contributed by atoms with Crippen molar-refractivity contribution in [1.29, 1.82) is 0 Å². The second-order valence-corrected chi connectivity index (χ2v) is 14.3. The third kappa shape index (κ3) is 5.35. The molecule has 2 aliphatic heterocycles. The van der Waals surface area contributed by atoms with E-state index < -0.39 is 5.97 Å². The topological polar surface area (TPSA) is 89.0 Å². The van der Waals surface area contributed by atoms with E-state index in [1.807, 2.05) is 34.1 Å². The van der Waals surface area contributed by atoms with E-state index in [4.69, 9.17) is 19.7 Å². The molecule has 4 aromatic heterocycles. The molecule has 0 radical (unpaired) electrons. The number of esters is 1. The number of benzene rings is 2. The molecule has 0 aliphatic carbocycles. The minimum atomic E-state index is -0.448. The molecule has 0 saturated carbocycles. The summed E-state index contributed by atoms with van der Waals surface area (Å²) in [5.41, 5.74) is 8.12. The van der Waals surface area contributed by atoms with Gasteiger partial charge in [-0.2, -0.15) is 10.2 Å². The summed E-state index contributed by atoms with van der Waals surface area (Å²) in [4.78, 5) is 19.0. The number of carbonyl (C=O) groups is 1. The molecule has 8 rings (SSSR count). The molecule has 0 amide bonds. The number of thioether (sulfide) groups is 2. The minimum absolute atomic E-state index is 0.326. The Morgan fingerprint density at radius 2 is 1.92 bits per heavy atom. The van der Waals surface area contributed by atoms with Gasteiger partial charge in [0.25, 0.3) is 0 Å². The van der Waals surface area contributed by atoms with Crippen LogP contribution >= 0.6 is 23.5 Å². The summed E-state index contributed by atoms with van der Waals surface area (Å²) in [7, 11) is 5.20. The highest BCUT2D eigenvalue weighted by molar-refractivity contribution is 7.98. The maximum Gasteiger partial charge on any atom is 0.354 e. The van der Waals surface area contributed by atoms with Crippen LogP contribution in [0.1, 0.15) is 51.7 Å². The first-order valence-corrected chi connectivity index (χ1v) is 18.3. The summed E-state index contributed by atoms with van der Waals surface area (Å²) in [5, 5.41) is 11.7. The van der Waals surface area contributed by atoms with Crippen LogP contribution in [0.5, 0.6) is 5.75 Å². The number of ether oxygens (including phenoxy) is 2. The fourth-order valence-corrected chi connectivity index (χ4v) is 9.00. The molecule has 6 aromatic rings. The minimum Gasteiger partial charge on any atom is -0.491 e. The number of pyridine rings is 1. The number of hydrogen-bond acceptors (Lipinski definition) is 8. The van der Waals surface area contributed by atoms with E-state index in [2.05, 4.69) is 29.2 Å². The van der Waals surface area contributed by atoms with E-state index >= 15 is 4.39 Å². The Morgan fingerprint density at radius 1 is 1.02 bits per heavy atom. The number of rotatable bonds is 1. The molecule has 246 valence electrons. The van der Waals surface area contributed by atoms with Gasteiger partial charge < -0.3 is 14.0 Å². The van der Waals surface area contributed by atoms with Gasteiger partial charge in [-0.1, -0.05) is 6.07 Å². The lowest BCUT2D eigenvalue weighted by Crippen LogP contribution is -2.11. The Kier molecular flexibility index (Phi) is 8.16. The molecule has 2 aliphatic rings. The second-order valence-electron chi connectivity index (χ2n) is 12.3. The molecular weight excluding hydrogens is 648 g/mol. The Balaban J connectivity index is 1.27. The molecule has 0 fully saturated rings. The van der Waals surface area contributed by atoms with Crippen LogP contribution in [0.25, 0.3) is 32.9 Å². The lowest BCUT2D eigenvalue weighted by atomic mass is 9.97. The highest BCUT2D eigenvalue weighted by atomic mass is 32.2. The van der Waals surface area contributed by atoms with Crippen molar-refractivity contribution in [1.82, 2.24) is 29.1 Å². The number of methoxy groups -OCH3 is 1. The fraction of sp³-hybridized carbons (Fsp3) is 0.333. The number of aryl methyl sites for hydroxylation is 4. The number of hydrogen-bond donors (Lipinski definition) is 0. The van der Waals surface area contributed by atoms with Gasteiger partial charge in [0.1, 0.15) is 22.8 Å². The van der Waals surface area contributed by atoms with E-state index in [-0.39, 0.29) is 5.82 Å². The van der Waals surface area contributed by atoms with Gasteiger partial charge in [-0.05, 0) is 67.6 Å². The first-order valence-electron chi connectivity index (χ1n) is 16.1. The fourth-order valence-electron chi connectivity index (χ4n) is 7.17. The van der Waals surface area contributed by atoms with Crippen LogP contribution in [-0.2, 0) is 55.5 Å². The van der Waals surface area contributed by atoms with Crippen molar-refractivity contribution in [3.63, 3.8) is 0 Å². The maximum atomic E-state index is 16.2. The van der Waals surface area contributed by atoms with Crippen molar-refractivity contribution in [3.8, 4) is 16.9 Å². The molecule has 9 nitrogen and oxygen atoms in total. The summed E-state index contributed by atoms with van der Waals surface area (Å²) in [6.07, 6.45) is 4.75. The zero-order chi connectivity index (χ0) is 32.9. The predicted octanol–water partition coefficient (Wildman–Crippen LogP) is 7.25. The van der Waals surface area contributed by atoms with Gasteiger partial charge in [0, 0.05) is 82.3 Å². The Morgan fingerprint density at radius 3 is 2.79 bits per heavy atom. The van der Waals surface area contributed by atoms with Crippen molar-refractivity contribution >= 4 is 51.3 Å². The average molecular weight is 683 g/mol. The largest absolute Gasteiger partial charge is 0.491 e. The lowest BCUT2D eigenvalue weighted by molar-refractivity contribution is 0.0589. The first kappa shape index (κ1) is 31.0. The van der Waals surface area contributed by atoms with Crippen LogP contribution in [0, 0.1) is 5.82 Å². The molecule has 8 bridgehead atoms.